The van der Waals surface area contributed by atoms with Crippen molar-refractivity contribution in [1.29, 1.82) is 0 Å². The minimum atomic E-state index is -1.06. The van der Waals surface area contributed by atoms with Gasteiger partial charge in [-0.1, -0.05) is 13.2 Å². The fraction of sp³-hybridized carbons (Fsp3) is 0.500. The van der Waals surface area contributed by atoms with E-state index >= 15 is 0 Å². The van der Waals surface area contributed by atoms with Crippen molar-refractivity contribution in [2.75, 3.05) is 13.1 Å². The summed E-state index contributed by atoms with van der Waals surface area (Å²) in [4.78, 5) is 42.4. The Morgan fingerprint density at radius 1 is 1.00 bits per heavy atom. The van der Waals surface area contributed by atoms with Crippen LogP contribution in [0.5, 0.6) is 0 Å². The smallest absolute Gasteiger partial charge is 0.326 e. The van der Waals surface area contributed by atoms with E-state index in [1.165, 1.54) is 13.8 Å². The molecule has 142 valence electrons. The zero-order valence-electron chi connectivity index (χ0n) is 14.6. The Morgan fingerprint density at radius 3 is 1.88 bits per heavy atom. The van der Waals surface area contributed by atoms with Gasteiger partial charge < -0.3 is 26.6 Å². The number of carbonyl (C=O) groups is 4. The van der Waals surface area contributed by atoms with Crippen molar-refractivity contribution < 1.29 is 29.4 Å². The van der Waals surface area contributed by atoms with E-state index in [4.69, 9.17) is 15.9 Å². The second-order valence-electron chi connectivity index (χ2n) is 5.29. The first-order valence-corrected chi connectivity index (χ1v) is 7.57. The molecule has 0 aromatic carbocycles. The van der Waals surface area contributed by atoms with Gasteiger partial charge in [0.1, 0.15) is 12.6 Å². The van der Waals surface area contributed by atoms with Crippen molar-refractivity contribution in [3.05, 3.63) is 24.3 Å². The highest BCUT2D eigenvalue weighted by atomic mass is 16.4. The standard InChI is InChI=1S/C10H18N2O3.C6H9NO3/c1-7(2)9(13)12-8(10(14)15)5-3-4-6-11;1-4(2)6(10)7-3-5(8)9/h8H,1,3-6,11H2,2H3,(H,12,13)(H,14,15);1,3H2,2H3,(H,7,10)(H,8,9)/t8-;/m0./s1. The van der Waals surface area contributed by atoms with Crippen molar-refractivity contribution in [2.24, 2.45) is 5.73 Å². The van der Waals surface area contributed by atoms with Gasteiger partial charge in [0.2, 0.25) is 11.8 Å². The highest BCUT2D eigenvalue weighted by molar-refractivity contribution is 5.95. The Labute approximate surface area is 147 Å². The van der Waals surface area contributed by atoms with Crippen molar-refractivity contribution in [1.82, 2.24) is 10.6 Å². The maximum atomic E-state index is 11.2. The van der Waals surface area contributed by atoms with E-state index < -0.39 is 29.8 Å². The molecule has 0 bridgehead atoms. The number of hydrogen-bond donors (Lipinski definition) is 5. The van der Waals surface area contributed by atoms with E-state index in [0.29, 0.717) is 30.5 Å². The molecule has 9 heteroatoms. The van der Waals surface area contributed by atoms with E-state index in [1.54, 1.807) is 0 Å². The average molecular weight is 357 g/mol. The van der Waals surface area contributed by atoms with E-state index in [9.17, 15) is 19.2 Å². The molecule has 0 aliphatic carbocycles. The molecule has 0 saturated heterocycles. The summed E-state index contributed by atoms with van der Waals surface area (Å²) in [7, 11) is 0. The molecule has 0 fully saturated rings. The molecular formula is C16H27N3O6. The summed E-state index contributed by atoms with van der Waals surface area (Å²) < 4.78 is 0. The third kappa shape index (κ3) is 14.6. The molecular weight excluding hydrogens is 330 g/mol. The molecule has 0 radical (unpaired) electrons. The Balaban J connectivity index is 0. The van der Waals surface area contributed by atoms with Crippen LogP contribution in [0.4, 0.5) is 0 Å². The van der Waals surface area contributed by atoms with Crippen LogP contribution in [-0.4, -0.2) is 53.1 Å². The van der Waals surface area contributed by atoms with E-state index in [0.717, 1.165) is 6.42 Å². The maximum absolute atomic E-state index is 11.2. The van der Waals surface area contributed by atoms with Gasteiger partial charge in [-0.3, -0.25) is 14.4 Å². The van der Waals surface area contributed by atoms with E-state index in [2.05, 4.69) is 23.8 Å². The first-order valence-electron chi connectivity index (χ1n) is 7.57. The van der Waals surface area contributed by atoms with Gasteiger partial charge in [0.05, 0.1) is 0 Å². The normalized spacial score (nSPS) is 10.5. The molecule has 0 heterocycles. The van der Waals surface area contributed by atoms with Crippen molar-refractivity contribution in [3.8, 4) is 0 Å². The monoisotopic (exact) mass is 357 g/mol. The van der Waals surface area contributed by atoms with Crippen LogP contribution in [0.25, 0.3) is 0 Å². The molecule has 0 aromatic rings. The Morgan fingerprint density at radius 2 is 1.52 bits per heavy atom. The summed E-state index contributed by atoms with van der Waals surface area (Å²) in [5.74, 6) is -2.94. The Bertz CT molecular complexity index is 516. The van der Waals surface area contributed by atoms with E-state index in [1.807, 2.05) is 0 Å². The van der Waals surface area contributed by atoms with Gasteiger partial charge in [0.25, 0.3) is 0 Å². The summed E-state index contributed by atoms with van der Waals surface area (Å²) >= 11 is 0. The van der Waals surface area contributed by atoms with Crippen LogP contribution in [0, 0.1) is 0 Å². The number of aliphatic carboxylic acids is 2. The third-order valence-electron chi connectivity index (χ3n) is 2.73. The molecule has 0 saturated carbocycles. The number of unbranched alkanes of at least 4 members (excludes halogenated alkanes) is 1. The van der Waals surface area contributed by atoms with Gasteiger partial charge in [-0.2, -0.15) is 0 Å². The number of nitrogens with two attached hydrogens (primary N) is 1. The molecule has 0 aliphatic rings. The number of nitrogens with one attached hydrogen (secondary N) is 2. The number of amides is 2. The van der Waals surface area contributed by atoms with Gasteiger partial charge in [-0.25, -0.2) is 4.79 Å². The second kappa shape index (κ2) is 13.7. The van der Waals surface area contributed by atoms with Crippen LogP contribution >= 0.6 is 0 Å². The van der Waals surface area contributed by atoms with Crippen LogP contribution < -0.4 is 16.4 Å². The SMILES string of the molecule is C=C(C)C(=O)NCC(=O)O.C=C(C)C(=O)N[C@@H](CCCCN)C(=O)O. The van der Waals surface area contributed by atoms with Crippen LogP contribution in [0.1, 0.15) is 33.1 Å². The molecule has 1 atom stereocenters. The zero-order valence-corrected chi connectivity index (χ0v) is 14.6. The highest BCUT2D eigenvalue weighted by Gasteiger charge is 2.19. The molecule has 0 unspecified atom stereocenters. The van der Waals surface area contributed by atoms with Crippen LogP contribution in [0.15, 0.2) is 24.3 Å². The first kappa shape index (κ1) is 24.6. The molecule has 25 heavy (non-hydrogen) atoms. The predicted octanol–water partition coefficient (Wildman–Crippen LogP) is 0.0242. The van der Waals surface area contributed by atoms with Crippen molar-refractivity contribution >= 4 is 23.8 Å². The lowest BCUT2D eigenvalue weighted by Crippen LogP contribution is -2.41. The van der Waals surface area contributed by atoms with Gasteiger partial charge in [-0.05, 0) is 39.7 Å². The molecule has 2 amide bonds. The van der Waals surface area contributed by atoms with Crippen molar-refractivity contribution in [2.45, 2.75) is 39.2 Å². The molecule has 0 spiro atoms. The summed E-state index contributed by atoms with van der Waals surface area (Å²) in [5, 5.41) is 21.5. The minimum Gasteiger partial charge on any atom is -0.480 e. The average Bonchev–Trinajstić information content (AvgIpc) is 2.51. The van der Waals surface area contributed by atoms with Gasteiger partial charge >= 0.3 is 11.9 Å². The summed E-state index contributed by atoms with van der Waals surface area (Å²) in [5.41, 5.74) is 5.90. The fourth-order valence-corrected chi connectivity index (χ4v) is 1.34. The third-order valence-corrected chi connectivity index (χ3v) is 2.73. The van der Waals surface area contributed by atoms with Crippen LogP contribution in [0.3, 0.4) is 0 Å². The largest absolute Gasteiger partial charge is 0.480 e. The maximum Gasteiger partial charge on any atom is 0.326 e. The lowest BCUT2D eigenvalue weighted by Gasteiger charge is -2.13. The van der Waals surface area contributed by atoms with Gasteiger partial charge in [0, 0.05) is 11.1 Å². The molecule has 0 rings (SSSR count). The number of carboxylic acid groups (broad SMARTS) is 2. The van der Waals surface area contributed by atoms with Gasteiger partial charge in [-0.15, -0.1) is 0 Å². The number of carboxylic acids is 2. The number of rotatable bonds is 10. The molecule has 0 aliphatic heterocycles. The van der Waals surface area contributed by atoms with E-state index in [-0.39, 0.29) is 6.54 Å². The zero-order chi connectivity index (χ0) is 20.0. The quantitative estimate of drug-likeness (QED) is 0.272. The number of hydrogen-bond acceptors (Lipinski definition) is 5. The second-order valence-corrected chi connectivity index (χ2v) is 5.29. The van der Waals surface area contributed by atoms with Crippen LogP contribution in [-0.2, 0) is 19.2 Å². The fourth-order valence-electron chi connectivity index (χ4n) is 1.34. The van der Waals surface area contributed by atoms with Gasteiger partial charge in [0.15, 0.2) is 0 Å². The minimum absolute atomic E-state index is 0.306. The van der Waals surface area contributed by atoms with Crippen LogP contribution in [0.2, 0.25) is 0 Å². The topological polar surface area (TPSA) is 159 Å². The Hall–Kier alpha value is -2.68. The Kier molecular flexibility index (Phi) is 13.5. The summed E-state index contributed by atoms with van der Waals surface area (Å²) in [6.07, 6.45) is 1.84. The highest BCUT2D eigenvalue weighted by Crippen LogP contribution is 2.01. The summed E-state index contributed by atoms with van der Waals surface area (Å²) in [6, 6.07) is -0.847. The first-order chi connectivity index (χ1) is 11.5. The molecule has 9 nitrogen and oxygen atoms in total. The molecule has 0 aromatic heterocycles. The molecule has 6 N–H and O–H groups in total. The predicted molar refractivity (Wildman–Crippen MR) is 92.7 cm³/mol. The lowest BCUT2D eigenvalue weighted by atomic mass is 10.1. The summed E-state index contributed by atoms with van der Waals surface area (Å²) in [6.45, 7) is 9.99. The van der Waals surface area contributed by atoms with Crippen molar-refractivity contribution in [3.63, 3.8) is 0 Å². The number of carbonyl (C=O) groups excluding carboxylic acids is 2. The lowest BCUT2D eigenvalue weighted by molar-refractivity contribution is -0.141.